The predicted molar refractivity (Wildman–Crippen MR) is 113 cm³/mol. The Hall–Kier alpha value is -3.85. The Balaban J connectivity index is 1.64. The smallest absolute Gasteiger partial charge is 0.257 e. The van der Waals surface area contributed by atoms with E-state index in [1.807, 2.05) is 0 Å². The number of benzene rings is 2. The molecule has 2 aromatic carbocycles. The van der Waals surface area contributed by atoms with Crippen LogP contribution in [0.4, 0.5) is 20.3 Å². The number of aryl methyl sites for hydroxylation is 2. The number of carbonyl (C=O) groups is 1. The van der Waals surface area contributed by atoms with Crippen LogP contribution >= 0.6 is 0 Å². The van der Waals surface area contributed by atoms with Gasteiger partial charge in [-0.1, -0.05) is 18.2 Å². The van der Waals surface area contributed by atoms with Gasteiger partial charge in [-0.25, -0.2) is 18.7 Å². The molecule has 4 aromatic rings. The van der Waals surface area contributed by atoms with Crippen molar-refractivity contribution in [3.05, 3.63) is 71.7 Å². The molecule has 4 N–H and O–H groups in total. The van der Waals surface area contributed by atoms with Crippen molar-refractivity contribution >= 4 is 28.4 Å². The lowest BCUT2D eigenvalue weighted by molar-refractivity contribution is -0.124. The van der Waals surface area contributed by atoms with Crippen molar-refractivity contribution < 1.29 is 18.7 Å². The molecule has 0 aliphatic rings. The first-order valence-electron chi connectivity index (χ1n) is 9.38. The van der Waals surface area contributed by atoms with Crippen LogP contribution in [0.2, 0.25) is 0 Å². The standard InChI is InChI=1S/C22H19F2N5O2/c1-11-26-20(25)18-15(10-29(2)21(18)27-11)12-6-7-17(16(24)9-12)28-22(31)19(30)13-4-3-5-14(23)8-13/h3-10,19,30H,1-2H3,(H,28,31)(H2,25,26,27). The van der Waals surface area contributed by atoms with E-state index in [4.69, 9.17) is 5.73 Å². The summed E-state index contributed by atoms with van der Waals surface area (Å²) < 4.78 is 29.9. The number of rotatable bonds is 4. The molecule has 2 aromatic heterocycles. The van der Waals surface area contributed by atoms with Crippen molar-refractivity contribution in [2.24, 2.45) is 7.05 Å². The van der Waals surface area contributed by atoms with Crippen molar-refractivity contribution in [1.29, 1.82) is 0 Å². The lowest BCUT2D eigenvalue weighted by Crippen LogP contribution is -2.21. The van der Waals surface area contributed by atoms with Crippen LogP contribution in [0.3, 0.4) is 0 Å². The highest BCUT2D eigenvalue weighted by Crippen LogP contribution is 2.34. The van der Waals surface area contributed by atoms with Crippen LogP contribution in [0.1, 0.15) is 17.5 Å². The van der Waals surface area contributed by atoms with Crippen molar-refractivity contribution in [2.45, 2.75) is 13.0 Å². The van der Waals surface area contributed by atoms with Gasteiger partial charge < -0.3 is 20.7 Å². The summed E-state index contributed by atoms with van der Waals surface area (Å²) in [6, 6.07) is 9.25. The number of nitrogens with two attached hydrogens (primary N) is 1. The van der Waals surface area contributed by atoms with Crippen LogP contribution in [0.5, 0.6) is 0 Å². The molecule has 0 aliphatic carbocycles. The Bertz CT molecular complexity index is 1320. The van der Waals surface area contributed by atoms with Gasteiger partial charge in [0.15, 0.2) is 6.10 Å². The zero-order chi connectivity index (χ0) is 22.3. The number of amides is 1. The molecule has 1 amide bonds. The number of fused-ring (bicyclic) bond motifs is 1. The molecule has 0 saturated carbocycles. The Kier molecular flexibility index (Phi) is 5.12. The van der Waals surface area contributed by atoms with Crippen molar-refractivity contribution in [1.82, 2.24) is 14.5 Å². The fraction of sp³-hybridized carbons (Fsp3) is 0.136. The SMILES string of the molecule is Cc1nc(N)c2c(-c3ccc(NC(=O)C(O)c4cccc(F)c4)c(F)c3)cn(C)c2n1. The number of halogens is 2. The largest absolute Gasteiger partial charge is 0.383 e. The first-order chi connectivity index (χ1) is 14.7. The summed E-state index contributed by atoms with van der Waals surface area (Å²) in [5.41, 5.74) is 7.80. The Morgan fingerprint density at radius 1 is 1.19 bits per heavy atom. The van der Waals surface area contributed by atoms with Gasteiger partial charge in [0.25, 0.3) is 5.91 Å². The minimum Gasteiger partial charge on any atom is -0.383 e. The summed E-state index contributed by atoms with van der Waals surface area (Å²) in [5.74, 6) is -1.36. The van der Waals surface area contributed by atoms with E-state index >= 15 is 0 Å². The third-order valence-corrected chi connectivity index (χ3v) is 4.91. The van der Waals surface area contributed by atoms with E-state index in [1.165, 1.54) is 30.3 Å². The maximum atomic E-state index is 14.8. The van der Waals surface area contributed by atoms with Gasteiger partial charge in [-0.15, -0.1) is 0 Å². The monoisotopic (exact) mass is 423 g/mol. The Labute approximate surface area is 176 Å². The number of hydrogen-bond acceptors (Lipinski definition) is 5. The van der Waals surface area contributed by atoms with E-state index in [9.17, 15) is 18.7 Å². The molecule has 7 nitrogen and oxygen atoms in total. The summed E-state index contributed by atoms with van der Waals surface area (Å²) >= 11 is 0. The molecule has 0 radical (unpaired) electrons. The highest BCUT2D eigenvalue weighted by molar-refractivity contribution is 6.01. The third kappa shape index (κ3) is 3.82. The summed E-state index contributed by atoms with van der Waals surface area (Å²) in [7, 11) is 1.80. The molecule has 4 rings (SSSR count). The minimum absolute atomic E-state index is 0.0658. The van der Waals surface area contributed by atoms with E-state index in [1.54, 1.807) is 30.8 Å². The number of nitrogens with one attached hydrogen (secondary N) is 1. The molecular weight excluding hydrogens is 404 g/mol. The average Bonchev–Trinajstić information content (AvgIpc) is 3.05. The van der Waals surface area contributed by atoms with Gasteiger partial charge in [-0.2, -0.15) is 0 Å². The fourth-order valence-corrected chi connectivity index (χ4v) is 3.44. The van der Waals surface area contributed by atoms with Crippen LogP contribution in [0.15, 0.2) is 48.7 Å². The van der Waals surface area contributed by atoms with Gasteiger partial charge >= 0.3 is 0 Å². The lowest BCUT2D eigenvalue weighted by atomic mass is 10.0. The molecule has 1 unspecified atom stereocenters. The molecule has 31 heavy (non-hydrogen) atoms. The number of nitrogen functional groups attached to an aromatic ring is 1. The summed E-state index contributed by atoms with van der Waals surface area (Å²) in [6.45, 7) is 1.73. The molecule has 0 spiro atoms. The maximum Gasteiger partial charge on any atom is 0.257 e. The number of nitrogens with zero attached hydrogens (tertiary/aromatic N) is 3. The van der Waals surface area contributed by atoms with Crippen LogP contribution < -0.4 is 11.1 Å². The van der Waals surface area contributed by atoms with Gasteiger partial charge in [0.05, 0.1) is 11.1 Å². The maximum absolute atomic E-state index is 14.8. The van der Waals surface area contributed by atoms with Gasteiger partial charge in [0.1, 0.15) is 28.9 Å². The first-order valence-corrected chi connectivity index (χ1v) is 9.38. The van der Waals surface area contributed by atoms with E-state index in [0.717, 1.165) is 6.07 Å². The number of hydrogen-bond donors (Lipinski definition) is 3. The van der Waals surface area contributed by atoms with E-state index in [-0.39, 0.29) is 17.1 Å². The normalized spacial score (nSPS) is 12.2. The predicted octanol–water partition coefficient (Wildman–Crippen LogP) is 3.48. The molecule has 0 bridgehead atoms. The molecule has 9 heteroatoms. The third-order valence-electron chi connectivity index (χ3n) is 4.91. The number of aromatic nitrogens is 3. The quantitative estimate of drug-likeness (QED) is 0.466. The zero-order valence-electron chi connectivity index (χ0n) is 16.7. The lowest BCUT2D eigenvalue weighted by Gasteiger charge is -2.13. The summed E-state index contributed by atoms with van der Waals surface area (Å²) in [6.07, 6.45) is 0.128. The van der Waals surface area contributed by atoms with E-state index in [2.05, 4.69) is 15.3 Å². The van der Waals surface area contributed by atoms with Crippen LogP contribution in [0.25, 0.3) is 22.2 Å². The summed E-state index contributed by atoms with van der Waals surface area (Å²) in [5, 5.41) is 13.1. The second-order valence-corrected chi connectivity index (χ2v) is 7.15. The number of carbonyl (C=O) groups excluding carboxylic acids is 1. The van der Waals surface area contributed by atoms with Crippen LogP contribution in [0, 0.1) is 18.6 Å². The van der Waals surface area contributed by atoms with E-state index in [0.29, 0.717) is 28.0 Å². The molecule has 158 valence electrons. The van der Waals surface area contributed by atoms with E-state index < -0.39 is 23.6 Å². The van der Waals surface area contributed by atoms with Crippen LogP contribution in [-0.2, 0) is 11.8 Å². The Morgan fingerprint density at radius 3 is 2.68 bits per heavy atom. The first kappa shape index (κ1) is 20.4. The highest BCUT2D eigenvalue weighted by Gasteiger charge is 2.20. The number of aliphatic hydroxyl groups is 1. The van der Waals surface area contributed by atoms with Crippen molar-refractivity contribution in [2.75, 3.05) is 11.1 Å². The average molecular weight is 423 g/mol. The molecule has 0 aliphatic heterocycles. The zero-order valence-corrected chi connectivity index (χ0v) is 16.7. The number of aliphatic hydroxyl groups excluding tert-OH is 1. The Morgan fingerprint density at radius 2 is 1.97 bits per heavy atom. The van der Waals surface area contributed by atoms with Gasteiger partial charge in [0.2, 0.25) is 0 Å². The molecule has 0 fully saturated rings. The fourth-order valence-electron chi connectivity index (χ4n) is 3.44. The van der Waals surface area contributed by atoms with Crippen LogP contribution in [-0.4, -0.2) is 25.5 Å². The number of anilines is 2. The van der Waals surface area contributed by atoms with Gasteiger partial charge in [-0.3, -0.25) is 4.79 Å². The molecule has 1 atom stereocenters. The van der Waals surface area contributed by atoms with Gasteiger partial charge in [-0.05, 0) is 42.3 Å². The molecule has 2 heterocycles. The molecule has 0 saturated heterocycles. The van der Waals surface area contributed by atoms with Crippen molar-refractivity contribution in [3.8, 4) is 11.1 Å². The summed E-state index contributed by atoms with van der Waals surface area (Å²) in [4.78, 5) is 20.9. The topological polar surface area (TPSA) is 106 Å². The second-order valence-electron chi connectivity index (χ2n) is 7.15. The minimum atomic E-state index is -1.65. The van der Waals surface area contributed by atoms with Gasteiger partial charge in [0, 0.05) is 18.8 Å². The highest BCUT2D eigenvalue weighted by atomic mass is 19.1. The van der Waals surface area contributed by atoms with Crippen molar-refractivity contribution in [3.63, 3.8) is 0 Å². The molecular formula is C22H19F2N5O2. The second kappa shape index (κ2) is 7.77.